The van der Waals surface area contributed by atoms with Gasteiger partial charge in [0.1, 0.15) is 0 Å². The predicted octanol–water partition coefficient (Wildman–Crippen LogP) is 3.10. The predicted molar refractivity (Wildman–Crippen MR) is 83.7 cm³/mol. The van der Waals surface area contributed by atoms with Gasteiger partial charge in [-0.1, -0.05) is 12.1 Å². The van der Waals surface area contributed by atoms with Gasteiger partial charge in [-0.15, -0.1) is 0 Å². The quantitative estimate of drug-likeness (QED) is 0.785. The van der Waals surface area contributed by atoms with Crippen LogP contribution in [0.15, 0.2) is 24.3 Å². The van der Waals surface area contributed by atoms with Crippen LogP contribution in [0.4, 0.5) is 0 Å². The molecule has 1 N–H and O–H groups in total. The first kappa shape index (κ1) is 15.1. The lowest BCUT2D eigenvalue weighted by Gasteiger charge is -2.20. The summed E-state index contributed by atoms with van der Waals surface area (Å²) in [6.07, 6.45) is 2.72. The Morgan fingerprint density at radius 3 is 2.41 bits per heavy atom. The Morgan fingerprint density at radius 1 is 1.29 bits per heavy atom. The molecule has 0 heterocycles. The second-order valence-corrected chi connectivity index (χ2v) is 7.21. The Morgan fingerprint density at radius 2 is 1.88 bits per heavy atom. The molecule has 3 atom stereocenters. The standard InChI is InChI=1S/C13H20INOS/c1-10(8-9-17(3)16)15-11(2)12-4-6-13(14)7-5-12/h4-7,10-11,15H,8-9H2,1-3H3. The van der Waals surface area contributed by atoms with E-state index in [9.17, 15) is 4.21 Å². The summed E-state index contributed by atoms with van der Waals surface area (Å²) >= 11 is 2.31. The molecule has 0 spiro atoms. The van der Waals surface area contributed by atoms with E-state index < -0.39 is 10.8 Å². The largest absolute Gasteiger partial charge is 0.308 e. The minimum atomic E-state index is -0.690. The third kappa shape index (κ3) is 5.97. The number of benzene rings is 1. The number of rotatable bonds is 6. The van der Waals surface area contributed by atoms with Crippen molar-refractivity contribution in [2.75, 3.05) is 12.0 Å². The van der Waals surface area contributed by atoms with Gasteiger partial charge in [-0.3, -0.25) is 4.21 Å². The Labute approximate surface area is 120 Å². The van der Waals surface area contributed by atoms with E-state index in [0.717, 1.165) is 12.2 Å². The van der Waals surface area contributed by atoms with Crippen molar-refractivity contribution >= 4 is 33.4 Å². The molecule has 0 saturated heterocycles. The van der Waals surface area contributed by atoms with Crippen LogP contribution in [0.5, 0.6) is 0 Å². The molecule has 0 radical (unpaired) electrons. The number of halogens is 1. The summed E-state index contributed by atoms with van der Waals surface area (Å²) in [6.45, 7) is 4.32. The second-order valence-electron chi connectivity index (χ2n) is 4.41. The molecule has 0 fully saturated rings. The highest BCUT2D eigenvalue weighted by atomic mass is 127. The molecule has 0 amide bonds. The molecule has 0 aliphatic heterocycles. The number of hydrogen-bond donors (Lipinski definition) is 1. The lowest BCUT2D eigenvalue weighted by atomic mass is 10.1. The van der Waals surface area contributed by atoms with Crippen LogP contribution in [0.3, 0.4) is 0 Å². The van der Waals surface area contributed by atoms with Crippen molar-refractivity contribution in [3.8, 4) is 0 Å². The van der Waals surface area contributed by atoms with Gasteiger partial charge in [-0.25, -0.2) is 0 Å². The normalized spacial score (nSPS) is 16.5. The third-order valence-corrected chi connectivity index (χ3v) is 4.27. The van der Waals surface area contributed by atoms with Crippen molar-refractivity contribution in [1.82, 2.24) is 5.32 Å². The van der Waals surface area contributed by atoms with Gasteiger partial charge < -0.3 is 5.32 Å². The monoisotopic (exact) mass is 365 g/mol. The first-order chi connectivity index (χ1) is 7.99. The van der Waals surface area contributed by atoms with E-state index in [-0.39, 0.29) is 0 Å². The lowest BCUT2D eigenvalue weighted by molar-refractivity contribution is 0.470. The molecule has 0 bridgehead atoms. The molecule has 0 aromatic heterocycles. The first-order valence-electron chi connectivity index (χ1n) is 5.80. The summed E-state index contributed by atoms with van der Waals surface area (Å²) < 4.78 is 12.3. The topological polar surface area (TPSA) is 29.1 Å². The average Bonchev–Trinajstić information content (AvgIpc) is 2.27. The van der Waals surface area contributed by atoms with Gasteiger partial charge in [0.05, 0.1) is 0 Å². The number of nitrogens with one attached hydrogen (secondary N) is 1. The van der Waals surface area contributed by atoms with Crippen LogP contribution in [-0.2, 0) is 10.8 Å². The summed E-state index contributed by atoms with van der Waals surface area (Å²) in [5.41, 5.74) is 1.30. The van der Waals surface area contributed by atoms with E-state index in [1.165, 1.54) is 9.13 Å². The zero-order valence-corrected chi connectivity index (χ0v) is 13.5. The fourth-order valence-corrected chi connectivity index (χ4v) is 2.75. The SMILES string of the molecule is CC(CCS(C)=O)NC(C)c1ccc(I)cc1. The highest BCUT2D eigenvalue weighted by Gasteiger charge is 2.09. The van der Waals surface area contributed by atoms with E-state index in [0.29, 0.717) is 12.1 Å². The first-order valence-corrected chi connectivity index (χ1v) is 8.61. The van der Waals surface area contributed by atoms with E-state index in [1.807, 2.05) is 0 Å². The molecule has 0 aliphatic rings. The molecule has 0 aliphatic carbocycles. The maximum absolute atomic E-state index is 11.0. The summed E-state index contributed by atoms with van der Waals surface area (Å²) in [7, 11) is -0.690. The fraction of sp³-hybridized carbons (Fsp3) is 0.538. The smallest absolute Gasteiger partial charge is 0.0294 e. The molecular formula is C13H20INOS. The van der Waals surface area contributed by atoms with Crippen molar-refractivity contribution in [3.05, 3.63) is 33.4 Å². The molecule has 1 aromatic rings. The van der Waals surface area contributed by atoms with Crippen LogP contribution in [0.25, 0.3) is 0 Å². The molecule has 1 rings (SSSR count). The van der Waals surface area contributed by atoms with Crippen molar-refractivity contribution in [2.45, 2.75) is 32.4 Å². The maximum atomic E-state index is 11.0. The Hall–Kier alpha value is 0.0600. The molecular weight excluding hydrogens is 345 g/mol. The van der Waals surface area contributed by atoms with Crippen LogP contribution >= 0.6 is 22.6 Å². The van der Waals surface area contributed by atoms with Crippen LogP contribution in [-0.4, -0.2) is 22.3 Å². The van der Waals surface area contributed by atoms with Crippen LogP contribution < -0.4 is 5.32 Å². The van der Waals surface area contributed by atoms with Crippen LogP contribution in [0, 0.1) is 3.57 Å². The van der Waals surface area contributed by atoms with Gasteiger partial charge in [0.2, 0.25) is 0 Å². The second kappa shape index (κ2) is 7.48. The van der Waals surface area contributed by atoms with Crippen LogP contribution in [0.1, 0.15) is 31.9 Å². The summed E-state index contributed by atoms with van der Waals surface area (Å²) in [6, 6.07) is 9.30. The Kier molecular flexibility index (Phi) is 6.66. The van der Waals surface area contributed by atoms with Gasteiger partial charge >= 0.3 is 0 Å². The van der Waals surface area contributed by atoms with Gasteiger partial charge in [0.25, 0.3) is 0 Å². The van der Waals surface area contributed by atoms with E-state index in [2.05, 4.69) is 66.0 Å². The van der Waals surface area contributed by atoms with E-state index in [4.69, 9.17) is 0 Å². The molecule has 3 unspecified atom stereocenters. The van der Waals surface area contributed by atoms with Gasteiger partial charge in [0.15, 0.2) is 0 Å². The highest BCUT2D eigenvalue weighted by molar-refractivity contribution is 14.1. The molecule has 0 saturated carbocycles. The molecule has 2 nitrogen and oxygen atoms in total. The van der Waals surface area contributed by atoms with E-state index >= 15 is 0 Å². The van der Waals surface area contributed by atoms with Crippen molar-refractivity contribution in [2.24, 2.45) is 0 Å². The van der Waals surface area contributed by atoms with Gasteiger partial charge in [0, 0.05) is 38.5 Å². The maximum Gasteiger partial charge on any atom is 0.0294 e. The van der Waals surface area contributed by atoms with Crippen molar-refractivity contribution in [1.29, 1.82) is 0 Å². The molecule has 1 aromatic carbocycles. The van der Waals surface area contributed by atoms with E-state index in [1.54, 1.807) is 6.26 Å². The number of hydrogen-bond acceptors (Lipinski definition) is 2. The highest BCUT2D eigenvalue weighted by Crippen LogP contribution is 2.15. The average molecular weight is 365 g/mol. The Bertz CT molecular complexity index is 366. The third-order valence-electron chi connectivity index (χ3n) is 2.74. The zero-order chi connectivity index (χ0) is 12.8. The fourth-order valence-electron chi connectivity index (χ4n) is 1.70. The van der Waals surface area contributed by atoms with Gasteiger partial charge in [-0.2, -0.15) is 0 Å². The Balaban J connectivity index is 2.45. The van der Waals surface area contributed by atoms with Crippen molar-refractivity contribution in [3.63, 3.8) is 0 Å². The molecule has 17 heavy (non-hydrogen) atoms. The van der Waals surface area contributed by atoms with Crippen LogP contribution in [0.2, 0.25) is 0 Å². The zero-order valence-electron chi connectivity index (χ0n) is 10.6. The lowest BCUT2D eigenvalue weighted by Crippen LogP contribution is -2.30. The molecule has 96 valence electrons. The minimum absolute atomic E-state index is 0.340. The summed E-state index contributed by atoms with van der Waals surface area (Å²) in [4.78, 5) is 0. The van der Waals surface area contributed by atoms with Gasteiger partial charge in [-0.05, 0) is 60.6 Å². The summed E-state index contributed by atoms with van der Waals surface area (Å²) in [5.74, 6) is 0.771. The van der Waals surface area contributed by atoms with Crippen molar-refractivity contribution < 1.29 is 4.21 Å². The summed E-state index contributed by atoms with van der Waals surface area (Å²) in [5, 5.41) is 3.53. The molecule has 4 heteroatoms. The minimum Gasteiger partial charge on any atom is -0.308 e.